The fraction of sp³-hybridized carbons (Fsp3) is 0.278. The minimum absolute atomic E-state index is 0.0255. The van der Waals surface area contributed by atoms with Gasteiger partial charge in [0.25, 0.3) is 10.8 Å². The highest BCUT2D eigenvalue weighted by atomic mass is 32.2. The van der Waals surface area contributed by atoms with Crippen molar-refractivity contribution < 1.29 is 4.42 Å². The van der Waals surface area contributed by atoms with Gasteiger partial charge < -0.3 is 4.42 Å². The summed E-state index contributed by atoms with van der Waals surface area (Å²) in [6.45, 7) is 0. The van der Waals surface area contributed by atoms with Crippen LogP contribution in [0.25, 0.3) is 16.1 Å². The summed E-state index contributed by atoms with van der Waals surface area (Å²) in [5.41, 5.74) is 3.59. The number of fused-ring (bicyclic) bond motifs is 4. The van der Waals surface area contributed by atoms with Gasteiger partial charge >= 0.3 is 0 Å². The lowest BCUT2D eigenvalue weighted by molar-refractivity contribution is 0.489. The Labute approximate surface area is 151 Å². The van der Waals surface area contributed by atoms with E-state index in [0.717, 1.165) is 41.0 Å². The van der Waals surface area contributed by atoms with Gasteiger partial charge in [-0.2, -0.15) is 0 Å². The van der Waals surface area contributed by atoms with Crippen LogP contribution in [0.5, 0.6) is 0 Å². The van der Waals surface area contributed by atoms with E-state index in [9.17, 15) is 4.79 Å². The zero-order valence-corrected chi connectivity index (χ0v) is 15.0. The van der Waals surface area contributed by atoms with Crippen LogP contribution >= 0.6 is 23.1 Å². The molecule has 7 heteroatoms. The molecule has 0 atom stereocenters. The number of para-hydroxylation sites is 2. The molecule has 1 aromatic carbocycles. The molecule has 0 fully saturated rings. The second-order valence-electron chi connectivity index (χ2n) is 6.12. The first-order valence-electron chi connectivity index (χ1n) is 8.29. The molecule has 1 aliphatic carbocycles. The van der Waals surface area contributed by atoms with Gasteiger partial charge in [-0.3, -0.25) is 9.20 Å². The molecule has 0 radical (unpaired) electrons. The maximum Gasteiger partial charge on any atom is 0.259 e. The van der Waals surface area contributed by atoms with Crippen molar-refractivity contribution in [1.29, 1.82) is 0 Å². The topological polar surface area (TPSA) is 60.4 Å². The fourth-order valence-corrected chi connectivity index (χ4v) is 5.23. The van der Waals surface area contributed by atoms with E-state index in [0.29, 0.717) is 11.0 Å². The number of aromatic nitrogens is 3. The Balaban J connectivity index is 1.45. The summed E-state index contributed by atoms with van der Waals surface area (Å²) in [5.74, 6) is 0.571. The molecule has 0 unspecified atom stereocenters. The van der Waals surface area contributed by atoms with Gasteiger partial charge in [0.1, 0.15) is 5.52 Å². The third-order valence-electron chi connectivity index (χ3n) is 4.43. The zero-order chi connectivity index (χ0) is 16.8. The van der Waals surface area contributed by atoms with Gasteiger partial charge in [0.15, 0.2) is 10.5 Å². The first kappa shape index (κ1) is 15.2. The van der Waals surface area contributed by atoms with Crippen molar-refractivity contribution >= 4 is 39.2 Å². The standard InChI is InChI=1S/C18H15N3O2S2/c22-16-9-11(10-24-18-20-12-5-1-3-7-14(12)23-18)19-17-21(16)13-6-2-4-8-15(13)25-17/h1,3,5,7,9H,2,4,6,8,10H2. The van der Waals surface area contributed by atoms with Crippen molar-refractivity contribution in [2.24, 2.45) is 0 Å². The largest absolute Gasteiger partial charge is 0.431 e. The molecule has 4 aromatic rings. The number of hydrogen-bond acceptors (Lipinski definition) is 6. The predicted octanol–water partition coefficient (Wildman–Crippen LogP) is 4.07. The molecule has 0 bridgehead atoms. The normalized spacial score (nSPS) is 14.2. The van der Waals surface area contributed by atoms with Gasteiger partial charge in [-0.1, -0.05) is 23.9 Å². The number of rotatable bonds is 3. The van der Waals surface area contributed by atoms with E-state index in [2.05, 4.69) is 4.98 Å². The molecular formula is C18H15N3O2S2. The van der Waals surface area contributed by atoms with E-state index in [1.807, 2.05) is 24.3 Å². The molecule has 126 valence electrons. The fourth-order valence-electron chi connectivity index (χ4n) is 3.26. The molecule has 0 spiro atoms. The van der Waals surface area contributed by atoms with E-state index < -0.39 is 0 Å². The first-order valence-corrected chi connectivity index (χ1v) is 10.1. The lowest BCUT2D eigenvalue weighted by Crippen LogP contribution is -2.17. The summed E-state index contributed by atoms with van der Waals surface area (Å²) in [5, 5.41) is 0.605. The minimum atomic E-state index is 0.0255. The summed E-state index contributed by atoms with van der Waals surface area (Å²) < 4.78 is 7.52. The maximum atomic E-state index is 12.6. The molecule has 5 rings (SSSR count). The SMILES string of the molecule is O=c1cc(CSc2nc3ccccc3o2)nc2sc3c(n12)CCCC3. The van der Waals surface area contributed by atoms with Gasteiger partial charge in [-0.25, -0.2) is 9.97 Å². The highest BCUT2D eigenvalue weighted by Gasteiger charge is 2.18. The number of hydrogen-bond donors (Lipinski definition) is 0. The molecule has 0 saturated carbocycles. The molecule has 1 aliphatic rings. The van der Waals surface area contributed by atoms with Crippen LogP contribution in [0.1, 0.15) is 29.1 Å². The second-order valence-corrected chi connectivity index (χ2v) is 8.11. The van der Waals surface area contributed by atoms with Crippen LogP contribution < -0.4 is 5.56 Å². The number of oxazole rings is 1. The molecule has 3 aromatic heterocycles. The Morgan fingerprint density at radius 1 is 1.20 bits per heavy atom. The van der Waals surface area contributed by atoms with Gasteiger partial charge in [0.05, 0.1) is 5.69 Å². The predicted molar refractivity (Wildman–Crippen MR) is 99.6 cm³/mol. The summed E-state index contributed by atoms with van der Waals surface area (Å²) >= 11 is 3.12. The summed E-state index contributed by atoms with van der Waals surface area (Å²) in [6.07, 6.45) is 4.40. The summed E-state index contributed by atoms with van der Waals surface area (Å²) in [4.78, 5) is 23.9. The second kappa shape index (κ2) is 6.00. The van der Waals surface area contributed by atoms with Gasteiger partial charge in [0, 0.05) is 22.4 Å². The van der Waals surface area contributed by atoms with Crippen LogP contribution in [0.3, 0.4) is 0 Å². The highest BCUT2D eigenvalue weighted by molar-refractivity contribution is 7.98. The van der Waals surface area contributed by atoms with Crippen molar-refractivity contribution in [3.05, 3.63) is 57.0 Å². The van der Waals surface area contributed by atoms with Crippen molar-refractivity contribution in [2.45, 2.75) is 36.7 Å². The van der Waals surface area contributed by atoms with Gasteiger partial charge in [0.2, 0.25) is 0 Å². The quantitative estimate of drug-likeness (QED) is 0.510. The van der Waals surface area contributed by atoms with E-state index >= 15 is 0 Å². The van der Waals surface area contributed by atoms with Crippen LogP contribution in [0, 0.1) is 0 Å². The summed E-state index contributed by atoms with van der Waals surface area (Å²) in [7, 11) is 0. The number of aryl methyl sites for hydroxylation is 2. The number of nitrogens with zero attached hydrogens (tertiary/aromatic N) is 3. The third-order valence-corrected chi connectivity index (χ3v) is 6.44. The van der Waals surface area contributed by atoms with Crippen molar-refractivity contribution in [2.75, 3.05) is 0 Å². The average Bonchev–Trinajstić information content (AvgIpc) is 3.20. The average molecular weight is 369 g/mol. The van der Waals surface area contributed by atoms with Gasteiger partial charge in [-0.05, 0) is 37.8 Å². The van der Waals surface area contributed by atoms with Crippen LogP contribution in [-0.2, 0) is 18.6 Å². The van der Waals surface area contributed by atoms with Crippen molar-refractivity contribution in [1.82, 2.24) is 14.4 Å². The number of thioether (sulfide) groups is 1. The van der Waals surface area contributed by atoms with Crippen LogP contribution in [-0.4, -0.2) is 14.4 Å². The van der Waals surface area contributed by atoms with Crippen LogP contribution in [0.4, 0.5) is 0 Å². The van der Waals surface area contributed by atoms with E-state index in [-0.39, 0.29) is 5.56 Å². The third kappa shape index (κ3) is 2.67. The zero-order valence-electron chi connectivity index (χ0n) is 13.4. The Kier molecular flexibility index (Phi) is 3.64. The Bertz CT molecular complexity index is 1110. The molecule has 0 aliphatic heterocycles. The van der Waals surface area contributed by atoms with E-state index in [1.165, 1.54) is 28.8 Å². The van der Waals surface area contributed by atoms with Crippen LogP contribution in [0.15, 0.2) is 44.8 Å². The highest BCUT2D eigenvalue weighted by Crippen LogP contribution is 2.29. The van der Waals surface area contributed by atoms with E-state index in [1.54, 1.807) is 21.8 Å². The van der Waals surface area contributed by atoms with Gasteiger partial charge in [-0.15, -0.1) is 11.3 Å². The smallest absolute Gasteiger partial charge is 0.259 e. The Hall–Kier alpha value is -2.12. The molecule has 0 N–H and O–H groups in total. The summed E-state index contributed by atoms with van der Waals surface area (Å²) in [6, 6.07) is 9.34. The minimum Gasteiger partial charge on any atom is -0.431 e. The maximum absolute atomic E-state index is 12.6. The first-order chi connectivity index (χ1) is 12.3. The number of benzene rings is 1. The monoisotopic (exact) mass is 369 g/mol. The van der Waals surface area contributed by atoms with Crippen LogP contribution in [0.2, 0.25) is 0 Å². The molecule has 5 nitrogen and oxygen atoms in total. The van der Waals surface area contributed by atoms with Crippen molar-refractivity contribution in [3.8, 4) is 0 Å². The Morgan fingerprint density at radius 2 is 2.08 bits per heavy atom. The number of thiazole rings is 1. The Morgan fingerprint density at radius 3 is 3.00 bits per heavy atom. The van der Waals surface area contributed by atoms with Crippen molar-refractivity contribution in [3.63, 3.8) is 0 Å². The molecular weight excluding hydrogens is 354 g/mol. The molecule has 25 heavy (non-hydrogen) atoms. The molecule has 0 amide bonds. The lowest BCUT2D eigenvalue weighted by Gasteiger charge is -2.09. The molecule has 3 heterocycles. The van der Waals surface area contributed by atoms with E-state index in [4.69, 9.17) is 9.40 Å². The molecule has 0 saturated heterocycles. The lowest BCUT2D eigenvalue weighted by atomic mass is 10.0.